The smallest absolute Gasteiger partial charge is 0.272 e. The van der Waals surface area contributed by atoms with E-state index in [0.29, 0.717) is 45.7 Å². The number of piperidine rings is 2. The molecule has 0 spiro atoms. The van der Waals surface area contributed by atoms with Gasteiger partial charge in [0.2, 0.25) is 5.91 Å². The number of para-hydroxylation sites is 1. The van der Waals surface area contributed by atoms with Crippen LogP contribution in [-0.4, -0.2) is 85.3 Å². The van der Waals surface area contributed by atoms with E-state index in [9.17, 15) is 9.59 Å². The maximum absolute atomic E-state index is 13.3. The largest absolute Gasteiger partial charge is 0.495 e. The second-order valence-electron chi connectivity index (χ2n) is 12.3. The lowest BCUT2D eigenvalue weighted by atomic mass is 9.98. The van der Waals surface area contributed by atoms with Gasteiger partial charge in [-0.2, -0.15) is 5.10 Å². The topological polar surface area (TPSA) is 136 Å². The Balaban J connectivity index is 1.13. The minimum absolute atomic E-state index is 0.165. The van der Waals surface area contributed by atoms with E-state index in [-0.39, 0.29) is 17.9 Å². The standard InChI is InChI=1S/C34H39N9O3/c1-21(44)41-14-10-24(11-15-41)42-16-12-25(13-17-42)43-33-30(32(35)36-20-37-33)31(39-43)23-8-9-26(29(19-23)46-3)38-34(45)28-18-22-6-4-5-7-27(22)40(28)2/h4-9,18-20,24-25H,10-17H2,1-3H3,(H,38,45)(H2,35,36,37). The lowest BCUT2D eigenvalue weighted by Gasteiger charge is -2.41. The molecule has 2 aromatic carbocycles. The van der Waals surface area contributed by atoms with E-state index in [1.165, 1.54) is 6.33 Å². The van der Waals surface area contributed by atoms with Gasteiger partial charge < -0.3 is 30.2 Å². The first-order valence-electron chi connectivity index (χ1n) is 15.8. The number of hydrogen-bond acceptors (Lipinski definition) is 8. The molecular weight excluding hydrogens is 582 g/mol. The zero-order chi connectivity index (χ0) is 31.9. The number of rotatable bonds is 6. The minimum Gasteiger partial charge on any atom is -0.495 e. The quantitative estimate of drug-likeness (QED) is 0.283. The molecule has 238 valence electrons. The molecule has 2 aliphatic rings. The highest BCUT2D eigenvalue weighted by Gasteiger charge is 2.31. The number of anilines is 2. The van der Waals surface area contributed by atoms with Crippen molar-refractivity contribution >= 4 is 45.3 Å². The number of carbonyl (C=O) groups excluding carboxylic acids is 2. The van der Waals surface area contributed by atoms with Gasteiger partial charge in [-0.05, 0) is 49.9 Å². The fourth-order valence-electron chi connectivity index (χ4n) is 7.13. The van der Waals surface area contributed by atoms with Gasteiger partial charge in [-0.3, -0.25) is 9.59 Å². The lowest BCUT2D eigenvalue weighted by molar-refractivity contribution is -0.130. The fraction of sp³-hybridized carbons (Fsp3) is 0.382. The minimum atomic E-state index is -0.229. The summed E-state index contributed by atoms with van der Waals surface area (Å²) >= 11 is 0. The van der Waals surface area contributed by atoms with E-state index in [1.807, 2.05) is 69.7 Å². The Morgan fingerprint density at radius 2 is 1.70 bits per heavy atom. The molecule has 2 fully saturated rings. The molecule has 5 heterocycles. The van der Waals surface area contributed by atoms with Crippen LogP contribution in [-0.2, 0) is 11.8 Å². The van der Waals surface area contributed by atoms with E-state index >= 15 is 0 Å². The third-order valence-electron chi connectivity index (χ3n) is 9.70. The van der Waals surface area contributed by atoms with Crippen molar-refractivity contribution in [2.24, 2.45) is 7.05 Å². The average molecular weight is 622 g/mol. The Hall–Kier alpha value is -4.97. The van der Waals surface area contributed by atoms with Gasteiger partial charge in [-0.15, -0.1) is 0 Å². The molecule has 0 atom stereocenters. The lowest BCUT2D eigenvalue weighted by Crippen LogP contribution is -2.48. The molecule has 12 heteroatoms. The predicted octanol–water partition coefficient (Wildman–Crippen LogP) is 4.48. The van der Waals surface area contributed by atoms with Gasteiger partial charge in [0, 0.05) is 62.7 Å². The number of amides is 2. The molecule has 0 unspecified atom stereocenters. The van der Waals surface area contributed by atoms with Crippen molar-refractivity contribution < 1.29 is 14.3 Å². The molecule has 7 rings (SSSR count). The van der Waals surface area contributed by atoms with Crippen LogP contribution in [0, 0.1) is 0 Å². The number of methoxy groups -OCH3 is 1. The first-order chi connectivity index (χ1) is 22.3. The average Bonchev–Trinajstić information content (AvgIpc) is 3.64. The predicted molar refractivity (Wildman–Crippen MR) is 178 cm³/mol. The fourth-order valence-corrected chi connectivity index (χ4v) is 7.13. The number of likely N-dealkylation sites (tertiary alicyclic amines) is 2. The number of aromatic nitrogens is 5. The highest BCUT2D eigenvalue weighted by atomic mass is 16.5. The molecule has 0 radical (unpaired) electrons. The molecule has 12 nitrogen and oxygen atoms in total. The van der Waals surface area contributed by atoms with Crippen LogP contribution in [0.15, 0.2) is 54.9 Å². The van der Waals surface area contributed by atoms with Gasteiger partial charge >= 0.3 is 0 Å². The van der Waals surface area contributed by atoms with Crippen molar-refractivity contribution in [3.63, 3.8) is 0 Å². The number of benzene rings is 2. The van der Waals surface area contributed by atoms with Crippen LogP contribution in [0.2, 0.25) is 0 Å². The van der Waals surface area contributed by atoms with Crippen LogP contribution in [0.5, 0.6) is 5.75 Å². The molecule has 3 N–H and O–H groups in total. The van der Waals surface area contributed by atoms with Gasteiger partial charge in [0.25, 0.3) is 5.91 Å². The summed E-state index contributed by atoms with van der Waals surface area (Å²) in [4.78, 5) is 38.5. The first-order valence-corrected chi connectivity index (χ1v) is 15.8. The highest BCUT2D eigenvalue weighted by Crippen LogP contribution is 2.38. The third kappa shape index (κ3) is 5.32. The van der Waals surface area contributed by atoms with E-state index in [0.717, 1.165) is 68.3 Å². The summed E-state index contributed by atoms with van der Waals surface area (Å²) < 4.78 is 9.64. The number of fused-ring (bicyclic) bond motifs is 2. The summed E-state index contributed by atoms with van der Waals surface area (Å²) in [6.45, 7) is 5.24. The summed E-state index contributed by atoms with van der Waals surface area (Å²) in [5, 5.41) is 9.81. The maximum atomic E-state index is 13.3. The molecule has 0 aliphatic carbocycles. The Morgan fingerprint density at radius 3 is 2.41 bits per heavy atom. The van der Waals surface area contributed by atoms with Crippen molar-refractivity contribution in [2.45, 2.75) is 44.7 Å². The van der Waals surface area contributed by atoms with Crippen LogP contribution >= 0.6 is 0 Å². The summed E-state index contributed by atoms with van der Waals surface area (Å²) in [6.07, 6.45) is 5.40. The van der Waals surface area contributed by atoms with Gasteiger partial charge in [0.1, 0.15) is 29.3 Å². The van der Waals surface area contributed by atoms with Crippen LogP contribution in [0.1, 0.15) is 49.1 Å². The molecule has 2 amide bonds. The highest BCUT2D eigenvalue weighted by molar-refractivity contribution is 6.07. The monoisotopic (exact) mass is 621 g/mol. The molecule has 46 heavy (non-hydrogen) atoms. The van der Waals surface area contributed by atoms with E-state index < -0.39 is 0 Å². The van der Waals surface area contributed by atoms with Crippen molar-refractivity contribution in [3.05, 3.63) is 60.6 Å². The number of nitrogens with one attached hydrogen (secondary N) is 1. The van der Waals surface area contributed by atoms with Gasteiger partial charge in [0.15, 0.2) is 5.65 Å². The number of hydrogen-bond donors (Lipinski definition) is 2. The molecule has 3 aromatic heterocycles. The summed E-state index contributed by atoms with van der Waals surface area (Å²) in [5.41, 5.74) is 10.7. The molecule has 2 saturated heterocycles. The van der Waals surface area contributed by atoms with Crippen molar-refractivity contribution in [2.75, 3.05) is 44.3 Å². The number of nitrogens with zero attached hydrogens (tertiary/aromatic N) is 7. The van der Waals surface area contributed by atoms with E-state index in [2.05, 4.69) is 20.2 Å². The first kappa shape index (κ1) is 29.7. The van der Waals surface area contributed by atoms with Crippen molar-refractivity contribution in [3.8, 4) is 17.0 Å². The van der Waals surface area contributed by atoms with Crippen LogP contribution < -0.4 is 15.8 Å². The zero-order valence-electron chi connectivity index (χ0n) is 26.4. The number of aryl methyl sites for hydroxylation is 1. The maximum Gasteiger partial charge on any atom is 0.272 e. The number of ether oxygens (including phenoxy) is 1. The second kappa shape index (κ2) is 12.1. The SMILES string of the molecule is COc1cc(-c2nn(C3CCN(C4CCN(C(C)=O)CC4)CC3)c3ncnc(N)c23)ccc1NC(=O)c1cc2ccccc2n1C. The Bertz CT molecular complexity index is 1930. The van der Waals surface area contributed by atoms with Crippen LogP contribution in [0.25, 0.3) is 33.2 Å². The summed E-state index contributed by atoms with van der Waals surface area (Å²) in [6, 6.07) is 16.1. The van der Waals surface area contributed by atoms with Gasteiger partial charge in [0.05, 0.1) is 24.2 Å². The van der Waals surface area contributed by atoms with Crippen molar-refractivity contribution in [1.29, 1.82) is 0 Å². The molecule has 0 saturated carbocycles. The molecule has 2 aliphatic heterocycles. The molecule has 0 bridgehead atoms. The second-order valence-corrected chi connectivity index (χ2v) is 12.3. The summed E-state index contributed by atoms with van der Waals surface area (Å²) in [7, 11) is 3.46. The number of nitrogens with two attached hydrogens (primary N) is 1. The Labute approximate surface area is 267 Å². The zero-order valence-corrected chi connectivity index (χ0v) is 26.4. The number of nitrogen functional groups attached to an aromatic ring is 1. The Morgan fingerprint density at radius 1 is 0.957 bits per heavy atom. The van der Waals surface area contributed by atoms with Gasteiger partial charge in [-0.1, -0.05) is 24.3 Å². The number of carbonyl (C=O) groups is 2. The van der Waals surface area contributed by atoms with E-state index in [1.54, 1.807) is 14.0 Å². The van der Waals surface area contributed by atoms with Crippen molar-refractivity contribution in [1.82, 2.24) is 34.1 Å². The molecule has 5 aromatic rings. The van der Waals surface area contributed by atoms with Gasteiger partial charge in [-0.25, -0.2) is 14.6 Å². The summed E-state index contributed by atoms with van der Waals surface area (Å²) in [5.74, 6) is 0.811. The third-order valence-corrected chi connectivity index (χ3v) is 9.70. The molecular formula is C34H39N9O3. The van der Waals surface area contributed by atoms with Crippen LogP contribution in [0.4, 0.5) is 11.5 Å². The van der Waals surface area contributed by atoms with Crippen LogP contribution in [0.3, 0.4) is 0 Å². The van der Waals surface area contributed by atoms with E-state index in [4.69, 9.17) is 15.6 Å². The normalized spacial score (nSPS) is 16.7. The Kier molecular flexibility index (Phi) is 7.81.